The second-order valence-electron chi connectivity index (χ2n) is 7.10. The van der Waals surface area contributed by atoms with E-state index in [0.717, 1.165) is 35.2 Å². The van der Waals surface area contributed by atoms with Gasteiger partial charge in [0.05, 0.1) is 10.6 Å². The molecule has 2 heterocycles. The number of nitrogens with zero attached hydrogens (tertiary/aromatic N) is 2. The van der Waals surface area contributed by atoms with E-state index in [1.54, 1.807) is 24.0 Å². The van der Waals surface area contributed by atoms with Crippen LogP contribution in [-0.4, -0.2) is 31.8 Å². The van der Waals surface area contributed by atoms with Crippen LogP contribution < -0.4 is 4.31 Å². The molecule has 6 heteroatoms. The average Bonchev–Trinajstić information content (AvgIpc) is 2.97. The highest BCUT2D eigenvalue weighted by Crippen LogP contribution is 2.37. The van der Waals surface area contributed by atoms with Gasteiger partial charge in [0, 0.05) is 26.1 Å². The smallest absolute Gasteiger partial charge is 0.264 e. The SMILES string of the molecule is CC(=O)N1CCc2ccc(S(=O)(=O)N3c4ccccc4CC3C)cc2C1. The van der Waals surface area contributed by atoms with Crippen LogP contribution in [0.3, 0.4) is 0 Å². The van der Waals surface area contributed by atoms with Gasteiger partial charge in [-0.25, -0.2) is 8.42 Å². The summed E-state index contributed by atoms with van der Waals surface area (Å²) in [4.78, 5) is 13.7. The minimum absolute atomic E-state index is 0.0194. The van der Waals surface area contributed by atoms with Crippen molar-refractivity contribution in [3.63, 3.8) is 0 Å². The van der Waals surface area contributed by atoms with Gasteiger partial charge in [-0.2, -0.15) is 0 Å². The van der Waals surface area contributed by atoms with Crippen LogP contribution in [0, 0.1) is 0 Å². The fourth-order valence-electron chi connectivity index (χ4n) is 3.98. The van der Waals surface area contributed by atoms with Crippen molar-refractivity contribution in [2.75, 3.05) is 10.8 Å². The van der Waals surface area contributed by atoms with Gasteiger partial charge in [-0.3, -0.25) is 9.10 Å². The van der Waals surface area contributed by atoms with E-state index in [1.807, 2.05) is 37.3 Å². The number of fused-ring (bicyclic) bond motifs is 2. The lowest BCUT2D eigenvalue weighted by atomic mass is 10.00. The monoisotopic (exact) mass is 370 g/mol. The maximum absolute atomic E-state index is 13.4. The Kier molecular flexibility index (Phi) is 4.03. The van der Waals surface area contributed by atoms with Crippen LogP contribution in [0.15, 0.2) is 47.4 Å². The molecule has 136 valence electrons. The van der Waals surface area contributed by atoms with Crippen LogP contribution in [0.2, 0.25) is 0 Å². The maximum Gasteiger partial charge on any atom is 0.264 e. The van der Waals surface area contributed by atoms with Crippen molar-refractivity contribution < 1.29 is 13.2 Å². The van der Waals surface area contributed by atoms with Crippen molar-refractivity contribution in [2.45, 2.75) is 44.2 Å². The molecule has 0 saturated heterocycles. The minimum atomic E-state index is -3.64. The third kappa shape index (κ3) is 2.69. The molecule has 2 aromatic rings. The highest BCUT2D eigenvalue weighted by atomic mass is 32.2. The molecule has 0 radical (unpaired) electrons. The molecule has 0 N–H and O–H groups in total. The van der Waals surface area contributed by atoms with Crippen LogP contribution in [0.5, 0.6) is 0 Å². The zero-order valence-corrected chi connectivity index (χ0v) is 15.8. The normalized spacial score (nSPS) is 19.2. The number of carbonyl (C=O) groups excluding carboxylic acids is 1. The van der Waals surface area contributed by atoms with Gasteiger partial charge in [0.15, 0.2) is 0 Å². The quantitative estimate of drug-likeness (QED) is 0.817. The molecule has 2 aliphatic heterocycles. The van der Waals surface area contributed by atoms with Gasteiger partial charge in [-0.05, 0) is 54.7 Å². The average molecular weight is 370 g/mol. The lowest BCUT2D eigenvalue weighted by Crippen LogP contribution is -2.36. The van der Waals surface area contributed by atoms with Crippen molar-refractivity contribution in [3.8, 4) is 0 Å². The molecule has 1 atom stereocenters. The second kappa shape index (κ2) is 6.13. The van der Waals surface area contributed by atoms with E-state index in [2.05, 4.69) is 0 Å². The Morgan fingerprint density at radius 3 is 2.62 bits per heavy atom. The number of hydrogen-bond donors (Lipinski definition) is 0. The molecule has 0 aliphatic carbocycles. The molecule has 0 fully saturated rings. The van der Waals surface area contributed by atoms with Crippen molar-refractivity contribution in [1.82, 2.24) is 4.90 Å². The van der Waals surface area contributed by atoms with Crippen molar-refractivity contribution in [3.05, 3.63) is 59.2 Å². The zero-order chi connectivity index (χ0) is 18.5. The molecular weight excluding hydrogens is 348 g/mol. The third-order valence-electron chi connectivity index (χ3n) is 5.34. The fourth-order valence-corrected chi connectivity index (χ4v) is 5.72. The Morgan fingerprint density at radius 2 is 1.85 bits per heavy atom. The highest BCUT2D eigenvalue weighted by molar-refractivity contribution is 7.92. The molecule has 2 aromatic carbocycles. The summed E-state index contributed by atoms with van der Waals surface area (Å²) in [6.45, 7) is 4.65. The summed E-state index contributed by atoms with van der Waals surface area (Å²) in [5, 5.41) is 0. The summed E-state index contributed by atoms with van der Waals surface area (Å²) >= 11 is 0. The minimum Gasteiger partial charge on any atom is -0.338 e. The summed E-state index contributed by atoms with van der Waals surface area (Å²) < 4.78 is 28.2. The number of para-hydroxylation sites is 1. The molecule has 1 amide bonds. The van der Waals surface area contributed by atoms with Crippen molar-refractivity contribution in [1.29, 1.82) is 0 Å². The fraction of sp³-hybridized carbons (Fsp3) is 0.350. The largest absolute Gasteiger partial charge is 0.338 e. The number of sulfonamides is 1. The molecule has 26 heavy (non-hydrogen) atoms. The Labute approximate surface area is 154 Å². The van der Waals surface area contributed by atoms with E-state index in [4.69, 9.17) is 0 Å². The molecule has 1 unspecified atom stereocenters. The van der Waals surface area contributed by atoms with Crippen LogP contribution in [0.4, 0.5) is 5.69 Å². The van der Waals surface area contributed by atoms with E-state index < -0.39 is 10.0 Å². The maximum atomic E-state index is 13.4. The van der Waals surface area contributed by atoms with E-state index in [0.29, 0.717) is 18.0 Å². The Hall–Kier alpha value is -2.34. The van der Waals surface area contributed by atoms with E-state index in [1.165, 1.54) is 4.31 Å². The number of rotatable bonds is 2. The zero-order valence-electron chi connectivity index (χ0n) is 15.0. The Balaban J connectivity index is 1.74. The second-order valence-corrected chi connectivity index (χ2v) is 8.92. The molecule has 2 aliphatic rings. The molecule has 0 aromatic heterocycles. The van der Waals surface area contributed by atoms with E-state index >= 15 is 0 Å². The van der Waals surface area contributed by atoms with Crippen LogP contribution in [0.25, 0.3) is 0 Å². The van der Waals surface area contributed by atoms with Crippen LogP contribution in [0.1, 0.15) is 30.5 Å². The molecule has 0 saturated carbocycles. The Morgan fingerprint density at radius 1 is 1.08 bits per heavy atom. The van der Waals surface area contributed by atoms with Gasteiger partial charge in [0.25, 0.3) is 10.0 Å². The number of hydrogen-bond acceptors (Lipinski definition) is 3. The predicted octanol–water partition coefficient (Wildman–Crippen LogP) is 2.73. The Bertz CT molecular complexity index is 984. The molecular formula is C20H22N2O3S. The number of carbonyl (C=O) groups is 1. The lowest BCUT2D eigenvalue weighted by molar-refractivity contribution is -0.129. The first-order valence-corrected chi connectivity index (χ1v) is 10.3. The molecule has 0 bridgehead atoms. The number of benzene rings is 2. The van der Waals surface area contributed by atoms with Crippen molar-refractivity contribution >= 4 is 21.6 Å². The van der Waals surface area contributed by atoms with Crippen molar-refractivity contribution in [2.24, 2.45) is 0 Å². The van der Waals surface area contributed by atoms with Gasteiger partial charge >= 0.3 is 0 Å². The summed E-state index contributed by atoms with van der Waals surface area (Å²) in [5.74, 6) is 0.0194. The van der Waals surface area contributed by atoms with Crippen LogP contribution >= 0.6 is 0 Å². The van der Waals surface area contributed by atoms with Crippen LogP contribution in [-0.2, 0) is 34.2 Å². The molecule has 0 spiro atoms. The first kappa shape index (κ1) is 17.1. The van der Waals surface area contributed by atoms with Gasteiger partial charge < -0.3 is 4.90 Å². The van der Waals surface area contributed by atoms with Gasteiger partial charge in [0.2, 0.25) is 5.91 Å². The first-order chi connectivity index (χ1) is 12.4. The van der Waals surface area contributed by atoms with Gasteiger partial charge in [-0.1, -0.05) is 24.3 Å². The standard InChI is InChI=1S/C20H22N2O3S/c1-14-11-17-5-3-4-6-20(17)22(14)26(24,25)19-8-7-16-9-10-21(15(2)23)13-18(16)12-19/h3-8,12,14H,9-11,13H2,1-2H3. The topological polar surface area (TPSA) is 57.7 Å². The summed E-state index contributed by atoms with van der Waals surface area (Å²) in [7, 11) is -3.64. The number of anilines is 1. The number of amides is 1. The van der Waals surface area contributed by atoms with E-state index in [9.17, 15) is 13.2 Å². The third-order valence-corrected chi connectivity index (χ3v) is 7.26. The van der Waals surface area contributed by atoms with Gasteiger partial charge in [-0.15, -0.1) is 0 Å². The summed E-state index contributed by atoms with van der Waals surface area (Å²) in [6.07, 6.45) is 1.48. The van der Waals surface area contributed by atoms with Gasteiger partial charge in [0.1, 0.15) is 0 Å². The molecule has 4 rings (SSSR count). The van der Waals surface area contributed by atoms with E-state index in [-0.39, 0.29) is 11.9 Å². The first-order valence-electron chi connectivity index (χ1n) is 8.87. The summed E-state index contributed by atoms with van der Waals surface area (Å²) in [5.41, 5.74) is 3.87. The lowest BCUT2D eigenvalue weighted by Gasteiger charge is -2.29. The summed E-state index contributed by atoms with van der Waals surface area (Å²) in [6, 6.07) is 12.9. The predicted molar refractivity (Wildman–Crippen MR) is 101 cm³/mol. The molecule has 5 nitrogen and oxygen atoms in total. The highest BCUT2D eigenvalue weighted by Gasteiger charge is 2.36.